The molecule has 0 radical (unpaired) electrons. The van der Waals surface area contributed by atoms with E-state index in [1.807, 2.05) is 30.5 Å². The Morgan fingerprint density at radius 2 is 2.00 bits per heavy atom. The molecule has 0 spiro atoms. The maximum absolute atomic E-state index is 12.2. The lowest BCUT2D eigenvalue weighted by atomic mass is 10.1. The number of carbonyl (C=O) groups excluding carboxylic acids is 3. The quantitative estimate of drug-likeness (QED) is 0.565. The van der Waals surface area contributed by atoms with Gasteiger partial charge in [-0.1, -0.05) is 29.5 Å². The Morgan fingerprint density at radius 1 is 1.24 bits per heavy atom. The van der Waals surface area contributed by atoms with Crippen molar-refractivity contribution in [1.82, 2.24) is 20.1 Å². The summed E-state index contributed by atoms with van der Waals surface area (Å²) < 4.78 is 1.84. The third kappa shape index (κ3) is 5.80. The van der Waals surface area contributed by atoms with E-state index in [-0.39, 0.29) is 12.2 Å². The summed E-state index contributed by atoms with van der Waals surface area (Å²) in [6, 6.07) is 5.04. The van der Waals surface area contributed by atoms with Gasteiger partial charge < -0.3 is 15.6 Å². The fourth-order valence-electron chi connectivity index (χ4n) is 2.88. The third-order valence-corrected chi connectivity index (χ3v) is 5.45. The van der Waals surface area contributed by atoms with Gasteiger partial charge in [-0.15, -0.1) is 10.2 Å². The number of rotatable bonds is 8. The molecule has 3 rings (SSSR count). The zero-order valence-electron chi connectivity index (χ0n) is 16.4. The van der Waals surface area contributed by atoms with Gasteiger partial charge in [0.1, 0.15) is 5.82 Å². The molecule has 154 valence electrons. The first-order chi connectivity index (χ1) is 13.8. The molecule has 4 N–H and O–H groups in total. The molecule has 4 amide bonds. The molecule has 0 atom stereocenters. The number of hydrogen-bond donors (Lipinski definition) is 3. The van der Waals surface area contributed by atoms with Crippen LogP contribution in [0.4, 0.5) is 10.5 Å². The summed E-state index contributed by atoms with van der Waals surface area (Å²) in [4.78, 5) is 35.4. The minimum absolute atomic E-state index is 0.000326. The summed E-state index contributed by atoms with van der Waals surface area (Å²) in [6.45, 7) is 4.23. The predicted molar refractivity (Wildman–Crippen MR) is 110 cm³/mol. The van der Waals surface area contributed by atoms with Gasteiger partial charge in [0.2, 0.25) is 11.8 Å². The van der Waals surface area contributed by atoms with Crippen molar-refractivity contribution in [3.8, 4) is 0 Å². The molecule has 1 aromatic carbocycles. The number of hydrogen-bond acceptors (Lipinski definition) is 6. The summed E-state index contributed by atoms with van der Waals surface area (Å²) in [6.07, 6.45) is 2.26. The van der Waals surface area contributed by atoms with Gasteiger partial charge in [0.05, 0.1) is 5.75 Å². The van der Waals surface area contributed by atoms with Gasteiger partial charge in [0, 0.05) is 24.6 Å². The SMILES string of the molecule is Cc1ccc(NC(=O)NC(=O)CSc2nnc(C3CC3)n2CCC(N)=O)c(C)c1. The number of nitrogens with one attached hydrogen (secondary N) is 2. The number of thioether (sulfide) groups is 1. The lowest BCUT2D eigenvalue weighted by molar-refractivity contribution is -0.118. The molecule has 1 heterocycles. The smallest absolute Gasteiger partial charge is 0.325 e. The number of aryl methyl sites for hydroxylation is 2. The second kappa shape index (κ2) is 9.08. The number of imide groups is 1. The molecule has 1 aromatic heterocycles. The van der Waals surface area contributed by atoms with Crippen LogP contribution in [0, 0.1) is 13.8 Å². The standard InChI is InChI=1S/C19H24N6O3S/c1-11-3-6-14(12(2)9-11)21-18(28)22-16(27)10-29-19-24-23-17(13-4-5-13)25(19)8-7-15(20)26/h3,6,9,13H,4-5,7-8,10H2,1-2H3,(H2,20,26)(H2,21,22,27,28). The molecule has 29 heavy (non-hydrogen) atoms. The van der Waals surface area contributed by atoms with Crippen molar-refractivity contribution in [3.63, 3.8) is 0 Å². The lowest BCUT2D eigenvalue weighted by Crippen LogP contribution is -2.35. The first-order valence-corrected chi connectivity index (χ1v) is 10.3. The van der Waals surface area contributed by atoms with Gasteiger partial charge in [-0.05, 0) is 38.3 Å². The number of urea groups is 1. The van der Waals surface area contributed by atoms with Crippen molar-refractivity contribution >= 4 is 35.3 Å². The number of nitrogens with zero attached hydrogens (tertiary/aromatic N) is 3. The fraction of sp³-hybridized carbons (Fsp3) is 0.421. The summed E-state index contributed by atoms with van der Waals surface area (Å²) >= 11 is 1.17. The summed E-state index contributed by atoms with van der Waals surface area (Å²) in [7, 11) is 0. The van der Waals surface area contributed by atoms with Crippen LogP contribution in [0.5, 0.6) is 0 Å². The number of benzene rings is 1. The first kappa shape index (κ1) is 20.8. The predicted octanol–water partition coefficient (Wildman–Crippen LogP) is 2.09. The van der Waals surface area contributed by atoms with E-state index in [1.54, 1.807) is 6.07 Å². The second-order valence-corrected chi connectivity index (χ2v) is 8.03. The molecule has 0 unspecified atom stereocenters. The van der Waals surface area contributed by atoms with Crippen molar-refractivity contribution in [2.24, 2.45) is 5.73 Å². The van der Waals surface area contributed by atoms with Crippen LogP contribution in [-0.2, 0) is 16.1 Å². The summed E-state index contributed by atoms with van der Waals surface area (Å²) in [5, 5.41) is 13.9. The molecule has 0 saturated heterocycles. The van der Waals surface area contributed by atoms with Crippen molar-refractivity contribution in [2.75, 3.05) is 11.1 Å². The van der Waals surface area contributed by atoms with E-state index in [1.165, 1.54) is 11.8 Å². The van der Waals surface area contributed by atoms with Crippen LogP contribution in [0.25, 0.3) is 0 Å². The van der Waals surface area contributed by atoms with Crippen molar-refractivity contribution in [1.29, 1.82) is 0 Å². The van der Waals surface area contributed by atoms with Crippen LogP contribution in [0.1, 0.15) is 42.1 Å². The fourth-order valence-corrected chi connectivity index (χ4v) is 3.65. The van der Waals surface area contributed by atoms with Crippen molar-refractivity contribution < 1.29 is 14.4 Å². The number of carbonyl (C=O) groups is 3. The molecule has 9 nitrogen and oxygen atoms in total. The molecule has 2 aromatic rings. The van der Waals surface area contributed by atoms with E-state index in [9.17, 15) is 14.4 Å². The van der Waals surface area contributed by atoms with Crippen LogP contribution in [-0.4, -0.2) is 38.4 Å². The Kier molecular flexibility index (Phi) is 6.53. The number of amides is 4. The van der Waals surface area contributed by atoms with Gasteiger partial charge in [-0.3, -0.25) is 14.9 Å². The van der Waals surface area contributed by atoms with Crippen molar-refractivity contribution in [3.05, 3.63) is 35.2 Å². The monoisotopic (exact) mass is 416 g/mol. The third-order valence-electron chi connectivity index (χ3n) is 4.49. The highest BCUT2D eigenvalue weighted by molar-refractivity contribution is 7.99. The maximum Gasteiger partial charge on any atom is 0.325 e. The van der Waals surface area contributed by atoms with Crippen LogP contribution < -0.4 is 16.4 Å². The Bertz CT molecular complexity index is 938. The molecular weight excluding hydrogens is 392 g/mol. The zero-order chi connectivity index (χ0) is 21.0. The Labute approximate surface area is 172 Å². The lowest BCUT2D eigenvalue weighted by Gasteiger charge is -2.10. The van der Waals surface area contributed by atoms with E-state index >= 15 is 0 Å². The number of aromatic nitrogens is 3. The van der Waals surface area contributed by atoms with E-state index in [2.05, 4.69) is 20.8 Å². The average Bonchev–Trinajstić information content (AvgIpc) is 3.41. The van der Waals surface area contributed by atoms with Crippen LogP contribution in [0.3, 0.4) is 0 Å². The second-order valence-electron chi connectivity index (χ2n) is 7.09. The van der Waals surface area contributed by atoms with Gasteiger partial charge >= 0.3 is 6.03 Å². The van der Waals surface area contributed by atoms with Crippen LogP contribution in [0.15, 0.2) is 23.4 Å². The van der Waals surface area contributed by atoms with Gasteiger partial charge in [0.25, 0.3) is 0 Å². The van der Waals surface area contributed by atoms with Crippen LogP contribution >= 0.6 is 11.8 Å². The first-order valence-electron chi connectivity index (χ1n) is 9.35. The van der Waals surface area contributed by atoms with Gasteiger partial charge in [0.15, 0.2) is 5.16 Å². The van der Waals surface area contributed by atoms with Gasteiger partial charge in [-0.2, -0.15) is 0 Å². The molecule has 1 fully saturated rings. The van der Waals surface area contributed by atoms with Crippen molar-refractivity contribution in [2.45, 2.75) is 50.7 Å². The normalized spacial score (nSPS) is 13.2. The topological polar surface area (TPSA) is 132 Å². The Balaban J connectivity index is 1.54. The maximum atomic E-state index is 12.2. The number of nitrogens with two attached hydrogens (primary N) is 1. The highest BCUT2D eigenvalue weighted by Crippen LogP contribution is 2.40. The minimum Gasteiger partial charge on any atom is -0.370 e. The molecule has 0 bridgehead atoms. The molecular formula is C19H24N6O3S. The highest BCUT2D eigenvalue weighted by Gasteiger charge is 2.30. The van der Waals surface area contributed by atoms with Gasteiger partial charge in [-0.25, -0.2) is 4.79 Å². The van der Waals surface area contributed by atoms with Crippen LogP contribution in [0.2, 0.25) is 0 Å². The molecule has 0 aliphatic heterocycles. The molecule has 1 saturated carbocycles. The average molecular weight is 417 g/mol. The van der Waals surface area contributed by atoms with E-state index in [0.717, 1.165) is 29.8 Å². The Hall–Kier alpha value is -2.88. The van der Waals surface area contributed by atoms with E-state index < -0.39 is 17.8 Å². The number of primary amides is 1. The highest BCUT2D eigenvalue weighted by atomic mass is 32.2. The molecule has 1 aliphatic rings. The Morgan fingerprint density at radius 3 is 2.66 bits per heavy atom. The van der Waals surface area contributed by atoms with E-state index in [0.29, 0.717) is 23.3 Å². The largest absolute Gasteiger partial charge is 0.370 e. The summed E-state index contributed by atoms with van der Waals surface area (Å²) in [5.41, 5.74) is 7.90. The summed E-state index contributed by atoms with van der Waals surface area (Å²) in [5.74, 6) is 0.315. The number of anilines is 1. The van der Waals surface area contributed by atoms with E-state index in [4.69, 9.17) is 5.73 Å². The molecule has 10 heteroatoms. The minimum atomic E-state index is -0.587. The molecule has 1 aliphatic carbocycles. The zero-order valence-corrected chi connectivity index (χ0v) is 17.2.